The van der Waals surface area contributed by atoms with Gasteiger partial charge in [0.2, 0.25) is 0 Å². The molecular formula is C16H33B6N3O2. The van der Waals surface area contributed by atoms with Gasteiger partial charge >= 0.3 is 0 Å². The first-order valence-electron chi connectivity index (χ1n) is 10.2. The Morgan fingerprint density at radius 2 is 1.52 bits per heavy atom. The molecule has 1 aromatic rings. The summed E-state index contributed by atoms with van der Waals surface area (Å²) >= 11 is 0. The molecule has 0 amide bonds. The van der Waals surface area contributed by atoms with Gasteiger partial charge in [0.1, 0.15) is 59.4 Å². The second kappa shape index (κ2) is 10.0. The van der Waals surface area contributed by atoms with Crippen molar-refractivity contribution >= 4 is 52.8 Å². The van der Waals surface area contributed by atoms with Crippen molar-refractivity contribution in [1.29, 1.82) is 0 Å². The zero-order chi connectivity index (χ0) is 19.9. The summed E-state index contributed by atoms with van der Waals surface area (Å²) < 4.78 is 11.5. The van der Waals surface area contributed by atoms with Gasteiger partial charge in [-0.15, -0.1) is 0 Å². The number of piperazine rings is 1. The molecule has 1 saturated heterocycles. The molecule has 1 aliphatic rings. The average molecular weight is 364 g/mol. The minimum atomic E-state index is -0.113. The van der Waals surface area contributed by atoms with Crippen LogP contribution in [0.15, 0.2) is 24.3 Å². The van der Waals surface area contributed by atoms with E-state index in [1.165, 1.54) is 5.69 Å². The molecule has 11 heteroatoms. The molecular weight excluding hydrogens is 331 g/mol. The summed E-state index contributed by atoms with van der Waals surface area (Å²) in [5.41, 5.74) is 1.28. The minimum Gasteiger partial charge on any atom is -0.491 e. The molecule has 2 rings (SSSR count). The third-order valence-corrected chi connectivity index (χ3v) is 4.54. The number of hydrogen-bond acceptors (Lipinski definition) is 5. The Morgan fingerprint density at radius 1 is 0.889 bits per heavy atom. The highest BCUT2D eigenvalue weighted by atomic mass is 16.5. The first kappa shape index (κ1) is 22.4. The van der Waals surface area contributed by atoms with Crippen LogP contribution in [0.1, 0.15) is 0 Å². The fourth-order valence-corrected chi connectivity index (χ4v) is 3.08. The summed E-state index contributed by atoms with van der Waals surface area (Å²) in [6, 6.07) is 8.45. The van der Waals surface area contributed by atoms with E-state index in [0.29, 0.717) is 13.2 Å². The number of anilines is 1. The fraction of sp³-hybridized carbons (Fsp3) is 0.625. The lowest BCUT2D eigenvalue weighted by Gasteiger charge is -2.36. The quantitative estimate of drug-likeness (QED) is 0.332. The van der Waals surface area contributed by atoms with E-state index in [1.807, 2.05) is 0 Å². The molecule has 0 bridgehead atoms. The van der Waals surface area contributed by atoms with E-state index in [0.717, 1.165) is 45.0 Å². The van der Waals surface area contributed by atoms with E-state index < -0.39 is 0 Å². The maximum Gasteiger partial charge on any atom is 0.121 e. The van der Waals surface area contributed by atoms with Gasteiger partial charge in [-0.2, -0.15) is 0 Å². The van der Waals surface area contributed by atoms with E-state index in [-0.39, 0.29) is 10.5 Å². The molecule has 1 heterocycles. The van der Waals surface area contributed by atoms with Crippen LogP contribution in [0.25, 0.3) is 0 Å². The zero-order valence-corrected chi connectivity index (χ0v) is 18.2. The Labute approximate surface area is 170 Å². The number of ether oxygens (including phenoxy) is 2. The number of rotatable bonds is 10. The van der Waals surface area contributed by atoms with E-state index >= 15 is 0 Å². The number of nitrogens with zero attached hydrogens (tertiary/aromatic N) is 2. The number of nitrogens with one attached hydrogen (secondary N) is 1. The van der Waals surface area contributed by atoms with Crippen molar-refractivity contribution in [3.8, 4) is 5.75 Å². The maximum atomic E-state index is 5.77. The van der Waals surface area contributed by atoms with Gasteiger partial charge in [-0.25, -0.2) is 0 Å². The molecule has 0 aliphatic carbocycles. The molecule has 1 N–H and O–H groups in total. The lowest BCUT2D eigenvalue weighted by Crippen LogP contribution is -2.52. The second-order valence-corrected chi connectivity index (χ2v) is 9.31. The Hall–Kier alpha value is -0.910. The first-order valence-corrected chi connectivity index (χ1v) is 10.2. The monoisotopic (exact) mass is 365 g/mol. The average Bonchev–Trinajstić information content (AvgIpc) is 2.58. The van der Waals surface area contributed by atoms with Gasteiger partial charge in [-0.1, -0.05) is 5.24 Å². The second-order valence-electron chi connectivity index (χ2n) is 9.31. The standard InChI is InChI=1S/C16H33B6N3O2/c17-15(18,19)23-5-6-24-7-9-25(10-8-24)13-1-3-14(4-2-13)26-11-12-27-16(20,21)22/h1-4,23H,5-12,17-22H2. The van der Waals surface area contributed by atoms with Crippen LogP contribution >= 0.6 is 0 Å². The normalized spacial score (nSPS) is 16.4. The highest BCUT2D eigenvalue weighted by molar-refractivity contribution is 6.59. The maximum absolute atomic E-state index is 5.77. The van der Waals surface area contributed by atoms with Crippen molar-refractivity contribution < 1.29 is 9.47 Å². The molecule has 0 unspecified atom stereocenters. The van der Waals surface area contributed by atoms with Crippen molar-refractivity contribution in [2.45, 2.75) is 10.5 Å². The molecule has 0 atom stereocenters. The van der Waals surface area contributed by atoms with Crippen LogP contribution in [0.3, 0.4) is 0 Å². The summed E-state index contributed by atoms with van der Waals surface area (Å²) in [5, 5.41) is 3.66. The van der Waals surface area contributed by atoms with Crippen LogP contribution in [0.5, 0.6) is 5.75 Å². The van der Waals surface area contributed by atoms with Gasteiger partial charge < -0.3 is 19.7 Å². The summed E-state index contributed by atoms with van der Waals surface area (Å²) in [6.45, 7) is 7.75. The number of benzene rings is 1. The molecule has 27 heavy (non-hydrogen) atoms. The van der Waals surface area contributed by atoms with Crippen LogP contribution in [0.4, 0.5) is 5.69 Å². The van der Waals surface area contributed by atoms with Crippen LogP contribution in [0, 0.1) is 0 Å². The highest BCUT2D eigenvalue weighted by Gasteiger charge is 2.18. The van der Waals surface area contributed by atoms with E-state index in [1.54, 1.807) is 0 Å². The van der Waals surface area contributed by atoms with Crippen molar-refractivity contribution in [3.05, 3.63) is 24.3 Å². The highest BCUT2D eigenvalue weighted by Crippen LogP contribution is 2.20. The molecule has 1 fully saturated rings. The van der Waals surface area contributed by atoms with Gasteiger partial charge in [0, 0.05) is 45.0 Å². The van der Waals surface area contributed by atoms with Crippen LogP contribution in [-0.2, 0) is 4.74 Å². The Kier molecular flexibility index (Phi) is 8.32. The molecule has 0 aromatic heterocycles. The topological polar surface area (TPSA) is 37.0 Å². The Bertz CT molecular complexity index is 557. The molecule has 5 nitrogen and oxygen atoms in total. The fourth-order valence-electron chi connectivity index (χ4n) is 3.08. The minimum absolute atomic E-state index is 0.113. The zero-order valence-electron chi connectivity index (χ0n) is 18.2. The van der Waals surface area contributed by atoms with Gasteiger partial charge in [0.15, 0.2) is 0 Å². The van der Waals surface area contributed by atoms with Crippen molar-refractivity contribution in [2.24, 2.45) is 0 Å². The molecule has 1 aromatic carbocycles. The van der Waals surface area contributed by atoms with Gasteiger partial charge in [0.25, 0.3) is 0 Å². The van der Waals surface area contributed by atoms with Crippen molar-refractivity contribution in [2.75, 3.05) is 57.4 Å². The Morgan fingerprint density at radius 3 is 2.07 bits per heavy atom. The predicted molar refractivity (Wildman–Crippen MR) is 131 cm³/mol. The van der Waals surface area contributed by atoms with E-state index in [4.69, 9.17) is 9.47 Å². The van der Waals surface area contributed by atoms with Gasteiger partial charge in [-0.05, 0) is 29.6 Å². The lowest BCUT2D eigenvalue weighted by atomic mass is 9.49. The molecule has 0 radical (unpaired) electrons. The van der Waals surface area contributed by atoms with Crippen LogP contribution < -0.4 is 15.0 Å². The largest absolute Gasteiger partial charge is 0.491 e. The van der Waals surface area contributed by atoms with Gasteiger partial charge in [0.05, 0.1) is 6.61 Å². The molecule has 0 saturated carbocycles. The van der Waals surface area contributed by atoms with E-state index in [9.17, 15) is 0 Å². The molecule has 142 valence electrons. The predicted octanol–water partition coefficient (Wildman–Crippen LogP) is -5.19. The first-order chi connectivity index (χ1) is 12.6. The summed E-state index contributed by atoms with van der Waals surface area (Å²) in [7, 11) is 12.8. The number of hydrogen-bond donors (Lipinski definition) is 1. The summed E-state index contributed by atoms with van der Waals surface area (Å²) in [6.07, 6.45) is 0. The van der Waals surface area contributed by atoms with Crippen molar-refractivity contribution in [1.82, 2.24) is 10.2 Å². The van der Waals surface area contributed by atoms with Crippen molar-refractivity contribution in [3.63, 3.8) is 0 Å². The third-order valence-electron chi connectivity index (χ3n) is 4.54. The lowest BCUT2D eigenvalue weighted by molar-refractivity contribution is 0.0949. The Balaban J connectivity index is 1.69. The molecule has 1 aliphatic heterocycles. The smallest absolute Gasteiger partial charge is 0.121 e. The molecule has 0 spiro atoms. The summed E-state index contributed by atoms with van der Waals surface area (Å²) in [5.74, 6) is 0.906. The SMILES string of the molecule is BC(B)(B)NCCN1CCN(c2ccc(OCCOC(B)(B)B)cc2)CC1. The third kappa shape index (κ3) is 9.22. The van der Waals surface area contributed by atoms with Gasteiger partial charge in [-0.3, -0.25) is 4.90 Å². The van der Waals surface area contributed by atoms with Crippen LogP contribution in [-0.4, -0.2) is 115 Å². The summed E-state index contributed by atoms with van der Waals surface area (Å²) in [4.78, 5) is 5.00. The van der Waals surface area contributed by atoms with E-state index in [2.05, 4.69) is 86.5 Å². The van der Waals surface area contributed by atoms with Crippen LogP contribution in [0.2, 0.25) is 0 Å².